The lowest BCUT2D eigenvalue weighted by atomic mass is 10.2. The topological polar surface area (TPSA) is 76.2 Å². The Kier molecular flexibility index (Phi) is 5.55. The number of nitrogens with zero attached hydrogens (tertiary/aromatic N) is 2. The molecule has 0 spiro atoms. The van der Waals surface area contributed by atoms with Crippen LogP contribution in [0.25, 0.3) is 0 Å². The summed E-state index contributed by atoms with van der Waals surface area (Å²) in [6, 6.07) is 14.4. The van der Waals surface area contributed by atoms with Crippen LogP contribution in [-0.2, 0) is 21.4 Å². The summed E-state index contributed by atoms with van der Waals surface area (Å²) < 4.78 is 36.7. The number of ether oxygens (including phenoxy) is 2. The van der Waals surface area contributed by atoms with Gasteiger partial charge in [-0.05, 0) is 17.7 Å². The van der Waals surface area contributed by atoms with Gasteiger partial charge in [0.25, 0.3) is 0 Å². The van der Waals surface area contributed by atoms with Crippen LogP contribution in [0.1, 0.15) is 5.56 Å². The SMILES string of the molecule is CN(Cc1ccccc1)C(=O)CN(c1ccc2c(c1)OCCO2)S(C)(=O)=O. The van der Waals surface area contributed by atoms with Crippen LogP contribution in [0, 0.1) is 0 Å². The molecule has 2 aromatic rings. The maximum Gasteiger partial charge on any atom is 0.243 e. The fraction of sp³-hybridized carbons (Fsp3) is 0.316. The summed E-state index contributed by atoms with van der Waals surface area (Å²) in [5.41, 5.74) is 1.33. The molecule has 27 heavy (non-hydrogen) atoms. The third kappa shape index (κ3) is 4.71. The summed E-state index contributed by atoms with van der Waals surface area (Å²) in [4.78, 5) is 14.1. The van der Waals surface area contributed by atoms with Gasteiger partial charge in [0.2, 0.25) is 15.9 Å². The zero-order valence-electron chi connectivity index (χ0n) is 15.3. The third-order valence-electron chi connectivity index (χ3n) is 4.18. The Morgan fingerprint density at radius 3 is 2.37 bits per heavy atom. The normalized spacial score (nSPS) is 13.1. The van der Waals surface area contributed by atoms with Crippen LogP contribution in [0.4, 0.5) is 5.69 Å². The van der Waals surface area contributed by atoms with Crippen molar-refractivity contribution in [1.82, 2.24) is 4.90 Å². The lowest BCUT2D eigenvalue weighted by Crippen LogP contribution is -2.41. The second-order valence-corrected chi connectivity index (χ2v) is 8.24. The number of amides is 1. The number of hydrogen-bond donors (Lipinski definition) is 0. The van der Waals surface area contributed by atoms with Crippen LogP contribution in [-0.4, -0.2) is 52.3 Å². The number of fused-ring (bicyclic) bond motifs is 1. The zero-order chi connectivity index (χ0) is 19.4. The van der Waals surface area contributed by atoms with Gasteiger partial charge >= 0.3 is 0 Å². The molecule has 1 amide bonds. The Labute approximate surface area is 159 Å². The van der Waals surface area contributed by atoms with Crippen LogP contribution < -0.4 is 13.8 Å². The number of carbonyl (C=O) groups excluding carboxylic acids is 1. The Bertz CT molecular complexity index is 915. The van der Waals surface area contributed by atoms with Gasteiger partial charge in [-0.15, -0.1) is 0 Å². The highest BCUT2D eigenvalue weighted by Gasteiger charge is 2.24. The van der Waals surface area contributed by atoms with E-state index in [1.54, 1.807) is 25.2 Å². The van der Waals surface area contributed by atoms with Crippen molar-refractivity contribution < 1.29 is 22.7 Å². The van der Waals surface area contributed by atoms with E-state index in [0.29, 0.717) is 36.9 Å². The molecule has 0 aromatic heterocycles. The van der Waals surface area contributed by atoms with Gasteiger partial charge in [0.15, 0.2) is 11.5 Å². The number of hydrogen-bond acceptors (Lipinski definition) is 5. The second kappa shape index (κ2) is 7.87. The zero-order valence-corrected chi connectivity index (χ0v) is 16.1. The van der Waals surface area contributed by atoms with Gasteiger partial charge in [0.05, 0.1) is 11.9 Å². The molecule has 0 bridgehead atoms. The smallest absolute Gasteiger partial charge is 0.243 e. The fourth-order valence-corrected chi connectivity index (χ4v) is 3.62. The number of carbonyl (C=O) groups is 1. The van der Waals surface area contributed by atoms with Crippen LogP contribution in [0.3, 0.4) is 0 Å². The van der Waals surface area contributed by atoms with E-state index in [0.717, 1.165) is 16.1 Å². The molecule has 0 N–H and O–H groups in total. The molecule has 0 saturated heterocycles. The summed E-state index contributed by atoms with van der Waals surface area (Å²) in [7, 11) is -2.00. The van der Waals surface area contributed by atoms with E-state index in [1.165, 1.54) is 4.90 Å². The van der Waals surface area contributed by atoms with Crippen molar-refractivity contribution in [2.45, 2.75) is 6.54 Å². The molecule has 2 aromatic carbocycles. The molecule has 0 fully saturated rings. The number of anilines is 1. The maximum absolute atomic E-state index is 12.6. The third-order valence-corrected chi connectivity index (χ3v) is 5.32. The predicted octanol–water partition coefficient (Wildman–Crippen LogP) is 1.88. The molecule has 1 heterocycles. The molecule has 3 rings (SSSR count). The molecule has 7 nitrogen and oxygen atoms in total. The lowest BCUT2D eigenvalue weighted by Gasteiger charge is -2.26. The monoisotopic (exact) mass is 390 g/mol. The summed E-state index contributed by atoms with van der Waals surface area (Å²) in [6.07, 6.45) is 1.08. The molecule has 1 aliphatic rings. The Morgan fingerprint density at radius 2 is 1.70 bits per heavy atom. The van der Waals surface area contributed by atoms with E-state index in [4.69, 9.17) is 9.47 Å². The highest BCUT2D eigenvalue weighted by Crippen LogP contribution is 2.34. The highest BCUT2D eigenvalue weighted by atomic mass is 32.2. The number of benzene rings is 2. The first-order valence-electron chi connectivity index (χ1n) is 8.50. The van der Waals surface area contributed by atoms with Crippen molar-refractivity contribution in [2.24, 2.45) is 0 Å². The minimum Gasteiger partial charge on any atom is -0.486 e. The van der Waals surface area contributed by atoms with Gasteiger partial charge in [0, 0.05) is 19.7 Å². The van der Waals surface area contributed by atoms with E-state index in [9.17, 15) is 13.2 Å². The average Bonchev–Trinajstić information content (AvgIpc) is 2.65. The van der Waals surface area contributed by atoms with Gasteiger partial charge in [-0.1, -0.05) is 30.3 Å². The minimum atomic E-state index is -3.66. The first-order valence-corrected chi connectivity index (χ1v) is 10.3. The summed E-state index contributed by atoms with van der Waals surface area (Å²) in [5, 5.41) is 0. The van der Waals surface area contributed by atoms with Crippen LogP contribution in [0.15, 0.2) is 48.5 Å². The van der Waals surface area contributed by atoms with E-state index in [2.05, 4.69) is 0 Å². The number of rotatable bonds is 6. The molecule has 144 valence electrons. The van der Waals surface area contributed by atoms with Crippen molar-refractivity contribution in [2.75, 3.05) is 37.4 Å². The van der Waals surface area contributed by atoms with Crippen LogP contribution in [0.2, 0.25) is 0 Å². The van der Waals surface area contributed by atoms with Gasteiger partial charge in [-0.3, -0.25) is 9.10 Å². The van der Waals surface area contributed by atoms with Crippen molar-refractivity contribution >= 4 is 21.6 Å². The number of sulfonamides is 1. The quantitative estimate of drug-likeness (QED) is 0.753. The van der Waals surface area contributed by atoms with Crippen molar-refractivity contribution in [3.05, 3.63) is 54.1 Å². The molecule has 0 radical (unpaired) electrons. The lowest BCUT2D eigenvalue weighted by molar-refractivity contribution is -0.128. The minimum absolute atomic E-state index is 0.290. The predicted molar refractivity (Wildman–Crippen MR) is 103 cm³/mol. The van der Waals surface area contributed by atoms with E-state index in [-0.39, 0.29) is 12.5 Å². The first kappa shape index (κ1) is 19.0. The Balaban J connectivity index is 1.78. The van der Waals surface area contributed by atoms with Gasteiger partial charge in [-0.25, -0.2) is 8.42 Å². The molecular weight excluding hydrogens is 368 g/mol. The van der Waals surface area contributed by atoms with E-state index >= 15 is 0 Å². The summed E-state index contributed by atoms with van der Waals surface area (Å²) in [6.45, 7) is 0.958. The first-order chi connectivity index (χ1) is 12.8. The molecule has 1 aliphatic heterocycles. The molecular formula is C19H22N2O5S. The van der Waals surface area contributed by atoms with Crippen LogP contribution in [0.5, 0.6) is 11.5 Å². The Hall–Kier alpha value is -2.74. The standard InChI is InChI=1S/C19H22N2O5S/c1-20(13-15-6-4-3-5-7-15)19(22)14-21(27(2,23)24)16-8-9-17-18(12-16)26-11-10-25-17/h3-9,12H,10-11,13-14H2,1-2H3. The van der Waals surface area contributed by atoms with Crippen LogP contribution >= 0.6 is 0 Å². The van der Waals surface area contributed by atoms with E-state index < -0.39 is 10.0 Å². The largest absolute Gasteiger partial charge is 0.486 e. The second-order valence-electron chi connectivity index (χ2n) is 6.33. The molecule has 0 aliphatic carbocycles. The fourth-order valence-electron chi connectivity index (χ4n) is 2.78. The van der Waals surface area contributed by atoms with Gasteiger partial charge in [0.1, 0.15) is 19.8 Å². The van der Waals surface area contributed by atoms with E-state index in [1.807, 2.05) is 30.3 Å². The molecule has 0 atom stereocenters. The molecule has 0 saturated carbocycles. The Morgan fingerprint density at radius 1 is 1.04 bits per heavy atom. The van der Waals surface area contributed by atoms with Crippen molar-refractivity contribution in [3.8, 4) is 11.5 Å². The van der Waals surface area contributed by atoms with Gasteiger partial charge < -0.3 is 14.4 Å². The molecule has 8 heteroatoms. The van der Waals surface area contributed by atoms with Crippen molar-refractivity contribution in [1.29, 1.82) is 0 Å². The average molecular weight is 390 g/mol. The highest BCUT2D eigenvalue weighted by molar-refractivity contribution is 7.92. The maximum atomic E-state index is 12.6. The summed E-state index contributed by atoms with van der Waals surface area (Å²) in [5.74, 6) is 0.725. The number of likely N-dealkylation sites (N-methyl/N-ethyl adjacent to an activating group) is 1. The van der Waals surface area contributed by atoms with Gasteiger partial charge in [-0.2, -0.15) is 0 Å². The molecule has 0 unspecified atom stereocenters. The van der Waals surface area contributed by atoms with Crippen molar-refractivity contribution in [3.63, 3.8) is 0 Å². The summed E-state index contributed by atoms with van der Waals surface area (Å²) >= 11 is 0.